The molecule has 1 fully saturated rings. The highest BCUT2D eigenvalue weighted by atomic mass is 16.6. The molecule has 2 amide bonds. The van der Waals surface area contributed by atoms with Crippen LogP contribution in [0.25, 0.3) is 43.6 Å². The first-order valence-corrected chi connectivity index (χ1v) is 27.4. The zero-order valence-electron chi connectivity index (χ0n) is 44.7. The van der Waals surface area contributed by atoms with Crippen molar-refractivity contribution in [3.05, 3.63) is 263 Å². The van der Waals surface area contributed by atoms with E-state index >= 15 is 4.79 Å². The maximum Gasteiger partial charge on any atom is 0.262 e. The number of aromatic nitrogens is 2. The Bertz CT molecular complexity index is 3990. The zero-order valence-corrected chi connectivity index (χ0v) is 44.7. The van der Waals surface area contributed by atoms with E-state index in [2.05, 4.69) is 9.55 Å². The normalized spacial score (nSPS) is 18.1. The minimum absolute atomic E-state index is 0.116. The Hall–Kier alpha value is -8.88. The summed E-state index contributed by atoms with van der Waals surface area (Å²) in [6.07, 6.45) is -4.17. The molecule has 2 aliphatic rings. The number of benzene rings is 9. The molecule has 1 N–H and O–H groups in total. The van der Waals surface area contributed by atoms with Crippen LogP contribution >= 0.6 is 0 Å². The molecule has 12 heteroatoms. The van der Waals surface area contributed by atoms with Gasteiger partial charge in [-0.2, -0.15) is 0 Å². The lowest BCUT2D eigenvalue weighted by Gasteiger charge is -2.47. The number of carbonyl (C=O) groups excluding carboxylic acids is 2. The largest absolute Gasteiger partial charge is 0.489 e. The van der Waals surface area contributed by atoms with E-state index in [1.807, 2.05) is 218 Å². The van der Waals surface area contributed by atoms with Gasteiger partial charge in [0, 0.05) is 40.2 Å². The van der Waals surface area contributed by atoms with E-state index in [1.54, 1.807) is 7.05 Å². The number of H-pyrrole nitrogens is 1. The van der Waals surface area contributed by atoms with Crippen molar-refractivity contribution in [1.82, 2.24) is 14.5 Å². The van der Waals surface area contributed by atoms with E-state index < -0.39 is 42.5 Å². The van der Waals surface area contributed by atoms with Crippen LogP contribution in [0, 0.1) is 0 Å². The Kier molecular flexibility index (Phi) is 14.7. The molecular formula is C69H59N3O9. The molecule has 404 valence electrons. The summed E-state index contributed by atoms with van der Waals surface area (Å²) >= 11 is 0. The molecule has 0 bridgehead atoms. The van der Waals surface area contributed by atoms with Gasteiger partial charge in [0.2, 0.25) is 0 Å². The molecule has 9 aromatic carbocycles. The molecule has 12 nitrogen and oxygen atoms in total. The second kappa shape index (κ2) is 23.1. The second-order valence-corrected chi connectivity index (χ2v) is 20.7. The molecule has 11 aromatic rings. The Labute approximate surface area is 468 Å². The number of imide groups is 1. The molecule has 0 unspecified atom stereocenters. The number of aromatic amines is 1. The third-order valence-electron chi connectivity index (χ3n) is 15.4. The zero-order chi connectivity index (χ0) is 54.7. The van der Waals surface area contributed by atoms with Gasteiger partial charge in [0.05, 0.1) is 60.7 Å². The van der Waals surface area contributed by atoms with E-state index in [0.29, 0.717) is 75.2 Å². The predicted molar refractivity (Wildman–Crippen MR) is 312 cm³/mol. The standard InChI is InChI=1S/C69H59N3O9/c1-71-67(73)60-58-54-36-51(76-39-46-22-10-3-11-23-46)33-35-55(54)70-62(58)63-59(61(60)68(71)74)53-34-32-52(77-40-47-24-12-4-13-25-47)37-56(53)72(63)69-66(80-43-50-30-18-7-19-31-50)65(79-42-49-28-16-6-17-29-49)64(78-41-48-26-14-5-15-27-48)57(81-69)44-75-38-45-20-8-2-9-21-45/h2-37,57,64-66,69-70H,38-44H2,1H3/t57-,64-,65+,66-,69-/m1/s1. The summed E-state index contributed by atoms with van der Waals surface area (Å²) in [6, 6.07) is 71.9. The van der Waals surface area contributed by atoms with Crippen molar-refractivity contribution in [1.29, 1.82) is 0 Å². The highest BCUT2D eigenvalue weighted by molar-refractivity contribution is 6.39. The lowest BCUT2D eigenvalue weighted by molar-refractivity contribution is -0.288. The molecule has 0 spiro atoms. The monoisotopic (exact) mass is 1070 g/mol. The SMILES string of the molecule is CN1C(=O)c2c(c3c4ccc(OCc5ccccc5)cc4n([C@@H]4O[C@H](COCc5ccccc5)[C@@H](OCc5ccccc5)[C@H](OCc5ccccc5)[C@H]4OCc4ccccc4)c3c3[nH]c4ccc(OCc5ccccc5)cc4c23)C1=O. The van der Waals surface area contributed by atoms with Gasteiger partial charge in [-0.1, -0.05) is 182 Å². The van der Waals surface area contributed by atoms with Crippen molar-refractivity contribution in [2.75, 3.05) is 13.7 Å². The second-order valence-electron chi connectivity index (χ2n) is 20.7. The molecule has 2 aliphatic heterocycles. The number of ether oxygens (including phenoxy) is 7. The number of hydrogen-bond donors (Lipinski definition) is 1. The van der Waals surface area contributed by atoms with Crippen LogP contribution in [-0.2, 0) is 63.3 Å². The lowest BCUT2D eigenvalue weighted by atomic mass is 9.95. The topological polar surface area (TPSA) is 123 Å². The Morgan fingerprint density at radius 2 is 0.901 bits per heavy atom. The minimum atomic E-state index is -0.997. The van der Waals surface area contributed by atoms with Crippen molar-refractivity contribution in [2.24, 2.45) is 0 Å². The van der Waals surface area contributed by atoms with Crippen molar-refractivity contribution in [2.45, 2.75) is 70.3 Å². The highest BCUT2D eigenvalue weighted by Crippen LogP contribution is 2.49. The Morgan fingerprint density at radius 3 is 1.43 bits per heavy atom. The van der Waals surface area contributed by atoms with Crippen LogP contribution in [-0.4, -0.2) is 64.3 Å². The average molecular weight is 1070 g/mol. The third kappa shape index (κ3) is 10.5. The summed E-state index contributed by atoms with van der Waals surface area (Å²) in [7, 11) is 1.54. The van der Waals surface area contributed by atoms with Crippen LogP contribution in [0.5, 0.6) is 11.5 Å². The van der Waals surface area contributed by atoms with Crippen LogP contribution in [0.3, 0.4) is 0 Å². The number of nitrogens with one attached hydrogen (secondary N) is 1. The number of fused-ring (bicyclic) bond motifs is 10. The molecule has 81 heavy (non-hydrogen) atoms. The van der Waals surface area contributed by atoms with Crippen LogP contribution in [0.2, 0.25) is 0 Å². The maximum atomic E-state index is 15.0. The van der Waals surface area contributed by atoms with Crippen molar-refractivity contribution >= 4 is 55.4 Å². The average Bonchev–Trinajstić information content (AvgIpc) is 3.27. The van der Waals surface area contributed by atoms with Gasteiger partial charge < -0.3 is 42.7 Å². The fourth-order valence-electron chi connectivity index (χ4n) is 11.4. The fourth-order valence-corrected chi connectivity index (χ4v) is 11.4. The van der Waals surface area contributed by atoms with Gasteiger partial charge in [0.25, 0.3) is 11.8 Å². The van der Waals surface area contributed by atoms with Crippen molar-refractivity contribution in [3.63, 3.8) is 0 Å². The van der Waals surface area contributed by atoms with E-state index in [9.17, 15) is 4.79 Å². The van der Waals surface area contributed by atoms with Crippen LogP contribution in [0.1, 0.15) is 60.3 Å². The number of hydrogen-bond acceptors (Lipinski definition) is 9. The van der Waals surface area contributed by atoms with Gasteiger partial charge in [0.1, 0.15) is 49.1 Å². The van der Waals surface area contributed by atoms with Gasteiger partial charge in [-0.05, 0) is 63.7 Å². The molecule has 1 saturated heterocycles. The van der Waals surface area contributed by atoms with E-state index in [-0.39, 0.29) is 26.4 Å². The number of nitrogens with zero attached hydrogens (tertiary/aromatic N) is 2. The first-order chi connectivity index (χ1) is 39.9. The fraction of sp³-hybridized carbons (Fsp3) is 0.188. The van der Waals surface area contributed by atoms with E-state index in [1.165, 1.54) is 4.90 Å². The predicted octanol–water partition coefficient (Wildman–Crippen LogP) is 13.7. The van der Waals surface area contributed by atoms with Crippen LogP contribution in [0.4, 0.5) is 0 Å². The minimum Gasteiger partial charge on any atom is -0.489 e. The molecule has 0 radical (unpaired) electrons. The van der Waals surface area contributed by atoms with Gasteiger partial charge in [0.15, 0.2) is 6.23 Å². The summed E-state index contributed by atoms with van der Waals surface area (Å²) in [5, 5.41) is 2.61. The molecule has 13 rings (SSSR count). The van der Waals surface area contributed by atoms with Gasteiger partial charge >= 0.3 is 0 Å². The summed E-state index contributed by atoms with van der Waals surface area (Å²) in [4.78, 5) is 34.9. The lowest BCUT2D eigenvalue weighted by Crippen LogP contribution is -2.59. The van der Waals surface area contributed by atoms with Crippen molar-refractivity contribution < 1.29 is 42.7 Å². The summed E-state index contributed by atoms with van der Waals surface area (Å²) in [5.74, 6) is 0.378. The van der Waals surface area contributed by atoms with Gasteiger partial charge in [-0.25, -0.2) is 0 Å². The number of rotatable bonds is 20. The highest BCUT2D eigenvalue weighted by Gasteiger charge is 2.51. The van der Waals surface area contributed by atoms with Gasteiger partial charge in [-0.3, -0.25) is 14.5 Å². The molecule has 0 aliphatic carbocycles. The Morgan fingerprint density at radius 1 is 0.457 bits per heavy atom. The number of carbonyl (C=O) groups is 2. The number of amides is 2. The van der Waals surface area contributed by atoms with E-state index in [0.717, 1.165) is 44.3 Å². The smallest absolute Gasteiger partial charge is 0.262 e. The molecule has 4 heterocycles. The summed E-state index contributed by atoms with van der Waals surface area (Å²) in [5.41, 5.74) is 9.20. The summed E-state index contributed by atoms with van der Waals surface area (Å²) < 4.78 is 51.4. The molecule has 0 saturated carbocycles. The van der Waals surface area contributed by atoms with Crippen LogP contribution < -0.4 is 9.47 Å². The van der Waals surface area contributed by atoms with Crippen LogP contribution in [0.15, 0.2) is 218 Å². The third-order valence-corrected chi connectivity index (χ3v) is 15.4. The molecule has 5 atom stereocenters. The first-order valence-electron chi connectivity index (χ1n) is 27.4. The molecule has 2 aromatic heterocycles. The quantitative estimate of drug-likeness (QED) is 0.0743. The maximum absolute atomic E-state index is 15.0. The van der Waals surface area contributed by atoms with Gasteiger partial charge in [-0.15, -0.1) is 0 Å². The summed E-state index contributed by atoms with van der Waals surface area (Å²) in [6.45, 7) is 1.76. The molecular weight excluding hydrogens is 1010 g/mol. The van der Waals surface area contributed by atoms with Crippen molar-refractivity contribution in [3.8, 4) is 11.5 Å². The first kappa shape index (κ1) is 51.6. The van der Waals surface area contributed by atoms with E-state index in [4.69, 9.17) is 33.2 Å². The Balaban J connectivity index is 1.05.